The molecule has 0 aromatic heterocycles. The third-order valence-corrected chi connectivity index (χ3v) is 2.80. The first kappa shape index (κ1) is 9.73. The van der Waals surface area contributed by atoms with Gasteiger partial charge in [-0.3, -0.25) is 4.79 Å². The Bertz CT molecular complexity index is 265. The highest BCUT2D eigenvalue weighted by Crippen LogP contribution is 2.19. The molecule has 0 aromatic rings. The molecule has 2 rings (SSSR count). The average molecular weight is 219 g/mol. The highest BCUT2D eigenvalue weighted by atomic mass is 35.5. The Morgan fingerprint density at radius 2 is 2.29 bits per heavy atom. The van der Waals surface area contributed by atoms with Crippen molar-refractivity contribution in [2.45, 2.75) is 12.5 Å². The lowest BCUT2D eigenvalue weighted by molar-refractivity contribution is 0.155. The third kappa shape index (κ3) is 1.57. The van der Waals surface area contributed by atoms with Crippen LogP contribution in [0.2, 0.25) is 0 Å². The quantitative estimate of drug-likeness (QED) is 0.485. The van der Waals surface area contributed by atoms with Crippen molar-refractivity contribution in [3.05, 3.63) is 0 Å². The fraction of sp³-hybridized carbons (Fsp3) is 0.750. The molecular weight excluding hydrogens is 208 g/mol. The summed E-state index contributed by atoms with van der Waals surface area (Å²) in [4.78, 5) is 25.2. The fourth-order valence-electron chi connectivity index (χ4n) is 1.82. The van der Waals surface area contributed by atoms with Crippen LogP contribution in [-0.2, 0) is 4.74 Å². The summed E-state index contributed by atoms with van der Waals surface area (Å²) >= 11 is 5.26. The maximum atomic E-state index is 11.6. The van der Waals surface area contributed by atoms with Crippen molar-refractivity contribution in [3.8, 4) is 0 Å². The van der Waals surface area contributed by atoms with Gasteiger partial charge >= 0.3 is 11.4 Å². The van der Waals surface area contributed by atoms with Gasteiger partial charge in [0.25, 0.3) is 0 Å². The summed E-state index contributed by atoms with van der Waals surface area (Å²) in [7, 11) is 0. The van der Waals surface area contributed by atoms with Crippen LogP contribution in [-0.4, -0.2) is 53.5 Å². The molecule has 0 N–H and O–H groups in total. The van der Waals surface area contributed by atoms with Crippen LogP contribution in [0, 0.1) is 0 Å². The van der Waals surface area contributed by atoms with E-state index in [0.29, 0.717) is 26.3 Å². The number of imide groups is 1. The highest BCUT2D eigenvalue weighted by molar-refractivity contribution is 6.64. The minimum Gasteiger partial charge on any atom is -0.379 e. The number of hydrogen-bond acceptors (Lipinski definition) is 3. The van der Waals surface area contributed by atoms with Gasteiger partial charge in [-0.25, -0.2) is 9.69 Å². The largest absolute Gasteiger partial charge is 0.379 e. The molecule has 78 valence electrons. The van der Waals surface area contributed by atoms with Crippen LogP contribution in [0.4, 0.5) is 9.59 Å². The topological polar surface area (TPSA) is 49.9 Å². The Balaban J connectivity index is 2.02. The number of ether oxygens (including phenoxy) is 1. The van der Waals surface area contributed by atoms with E-state index in [9.17, 15) is 9.59 Å². The predicted octanol–water partition coefficient (Wildman–Crippen LogP) is 0.872. The predicted molar refractivity (Wildman–Crippen MR) is 49.3 cm³/mol. The molecule has 2 saturated heterocycles. The molecule has 5 nitrogen and oxygen atoms in total. The van der Waals surface area contributed by atoms with E-state index in [1.54, 1.807) is 4.90 Å². The normalized spacial score (nSPS) is 27.5. The van der Waals surface area contributed by atoms with Crippen molar-refractivity contribution >= 4 is 23.0 Å². The van der Waals surface area contributed by atoms with Gasteiger partial charge in [0.05, 0.1) is 12.6 Å². The van der Waals surface area contributed by atoms with Gasteiger partial charge in [0.1, 0.15) is 0 Å². The van der Waals surface area contributed by atoms with Crippen molar-refractivity contribution in [2.75, 3.05) is 26.3 Å². The van der Waals surface area contributed by atoms with Crippen LogP contribution in [0.5, 0.6) is 0 Å². The number of hydrogen-bond donors (Lipinski definition) is 0. The minimum atomic E-state index is -0.698. The number of nitrogens with zero attached hydrogens (tertiary/aromatic N) is 2. The molecule has 1 atom stereocenters. The Morgan fingerprint density at radius 3 is 2.79 bits per heavy atom. The van der Waals surface area contributed by atoms with Crippen LogP contribution < -0.4 is 0 Å². The monoisotopic (exact) mass is 218 g/mol. The average Bonchev–Trinajstić information content (AvgIpc) is 2.71. The van der Waals surface area contributed by atoms with Crippen LogP contribution in [0.1, 0.15) is 6.42 Å². The molecule has 14 heavy (non-hydrogen) atoms. The van der Waals surface area contributed by atoms with Gasteiger partial charge in [-0.2, -0.15) is 0 Å². The lowest BCUT2D eigenvalue weighted by Gasteiger charge is -2.21. The van der Waals surface area contributed by atoms with E-state index in [4.69, 9.17) is 16.3 Å². The molecule has 3 amide bonds. The fourth-order valence-corrected chi connectivity index (χ4v) is 1.98. The first-order chi connectivity index (χ1) is 6.70. The lowest BCUT2D eigenvalue weighted by Crippen LogP contribution is -2.40. The van der Waals surface area contributed by atoms with Crippen LogP contribution in [0.25, 0.3) is 0 Å². The number of urea groups is 1. The molecule has 0 aliphatic carbocycles. The Hall–Kier alpha value is -0.810. The second-order valence-electron chi connectivity index (χ2n) is 3.40. The smallest absolute Gasteiger partial charge is 0.328 e. The van der Waals surface area contributed by atoms with Crippen molar-refractivity contribution in [1.29, 1.82) is 0 Å². The zero-order valence-corrected chi connectivity index (χ0v) is 8.37. The van der Waals surface area contributed by atoms with E-state index in [2.05, 4.69) is 0 Å². The maximum Gasteiger partial charge on any atom is 0.328 e. The molecule has 2 fully saturated rings. The number of amides is 3. The summed E-state index contributed by atoms with van der Waals surface area (Å²) in [5.74, 6) is 0. The van der Waals surface area contributed by atoms with Gasteiger partial charge in [-0.15, -0.1) is 0 Å². The van der Waals surface area contributed by atoms with Gasteiger partial charge in [-0.1, -0.05) is 0 Å². The minimum absolute atomic E-state index is 0.114. The van der Waals surface area contributed by atoms with Gasteiger partial charge in [0, 0.05) is 19.7 Å². The summed E-state index contributed by atoms with van der Waals surface area (Å²) in [6.07, 6.45) is 0.843. The number of carbonyl (C=O) groups is 2. The lowest BCUT2D eigenvalue weighted by atomic mass is 10.2. The van der Waals surface area contributed by atoms with Gasteiger partial charge < -0.3 is 9.64 Å². The van der Waals surface area contributed by atoms with Crippen molar-refractivity contribution in [1.82, 2.24) is 9.80 Å². The second kappa shape index (κ2) is 3.74. The Kier molecular flexibility index (Phi) is 2.60. The molecule has 2 aliphatic rings. The molecule has 0 bridgehead atoms. The van der Waals surface area contributed by atoms with Crippen molar-refractivity contribution < 1.29 is 14.3 Å². The molecule has 0 aromatic carbocycles. The number of carbonyl (C=O) groups excluding carboxylic acids is 2. The van der Waals surface area contributed by atoms with Crippen LogP contribution in [0.15, 0.2) is 0 Å². The number of halogens is 1. The molecule has 2 heterocycles. The highest BCUT2D eigenvalue weighted by Gasteiger charge is 2.37. The molecule has 0 spiro atoms. The Labute approximate surface area is 86.5 Å². The molecular formula is C8H11ClN2O3. The van der Waals surface area contributed by atoms with Gasteiger partial charge in [0.15, 0.2) is 0 Å². The Morgan fingerprint density at radius 1 is 1.50 bits per heavy atom. The zero-order chi connectivity index (χ0) is 10.1. The summed E-state index contributed by atoms with van der Waals surface area (Å²) in [5, 5.41) is -0.698. The summed E-state index contributed by atoms with van der Waals surface area (Å²) in [6, 6.07) is -0.177. The first-order valence-electron chi connectivity index (χ1n) is 4.55. The third-order valence-electron chi connectivity index (χ3n) is 2.60. The maximum absolute atomic E-state index is 11.6. The van der Waals surface area contributed by atoms with E-state index in [-0.39, 0.29) is 12.1 Å². The zero-order valence-electron chi connectivity index (χ0n) is 7.61. The first-order valence-corrected chi connectivity index (χ1v) is 4.93. The number of rotatable bonds is 1. The van der Waals surface area contributed by atoms with Crippen molar-refractivity contribution in [3.63, 3.8) is 0 Å². The van der Waals surface area contributed by atoms with E-state index in [1.807, 2.05) is 0 Å². The standard InChI is InChI=1S/C8H11ClN2O3/c9-7(12)11-3-2-10(8(11)13)6-1-4-14-5-6/h6H,1-5H2/t6-/m1/s1. The molecule has 2 aliphatic heterocycles. The van der Waals surface area contributed by atoms with Gasteiger partial charge in [-0.05, 0) is 18.0 Å². The summed E-state index contributed by atoms with van der Waals surface area (Å²) in [6.45, 7) is 2.20. The van der Waals surface area contributed by atoms with Crippen LogP contribution in [0.3, 0.4) is 0 Å². The van der Waals surface area contributed by atoms with Crippen molar-refractivity contribution in [2.24, 2.45) is 0 Å². The van der Waals surface area contributed by atoms with E-state index in [1.165, 1.54) is 0 Å². The summed E-state index contributed by atoms with van der Waals surface area (Å²) < 4.78 is 5.18. The second-order valence-corrected chi connectivity index (χ2v) is 3.72. The molecule has 0 radical (unpaired) electrons. The molecule has 6 heteroatoms. The SMILES string of the molecule is O=C(Cl)N1CCN([C@@H]2CCOC2)C1=O. The summed E-state index contributed by atoms with van der Waals surface area (Å²) in [5.41, 5.74) is 0. The molecule has 0 unspecified atom stereocenters. The van der Waals surface area contributed by atoms with E-state index < -0.39 is 5.37 Å². The molecule has 0 saturated carbocycles. The van der Waals surface area contributed by atoms with E-state index >= 15 is 0 Å². The van der Waals surface area contributed by atoms with Crippen LogP contribution >= 0.6 is 11.6 Å². The van der Waals surface area contributed by atoms with Gasteiger partial charge in [0.2, 0.25) is 0 Å². The van der Waals surface area contributed by atoms with E-state index in [0.717, 1.165) is 11.3 Å².